The quantitative estimate of drug-likeness (QED) is 0.615. The van der Waals surface area contributed by atoms with E-state index in [1.54, 1.807) is 0 Å². The molecule has 0 fully saturated rings. The number of rotatable bonds is 5. The minimum Gasteiger partial charge on any atom is -0.454 e. The van der Waals surface area contributed by atoms with Crippen LogP contribution in [0, 0.1) is 0 Å². The second kappa shape index (κ2) is 7.12. The van der Waals surface area contributed by atoms with E-state index in [2.05, 4.69) is 5.16 Å². The van der Waals surface area contributed by atoms with Crippen LogP contribution in [0.2, 0.25) is 0 Å². The van der Waals surface area contributed by atoms with Crippen molar-refractivity contribution in [2.75, 3.05) is 6.61 Å². The highest BCUT2D eigenvalue weighted by Gasteiger charge is 2.30. The van der Waals surface area contributed by atoms with Crippen LogP contribution in [-0.4, -0.2) is 30.2 Å². The molecule has 4 rings (SSSR count). The minimum absolute atomic E-state index is 0.199. The molecule has 2 aliphatic rings. The summed E-state index contributed by atoms with van der Waals surface area (Å²) in [6.07, 6.45) is 2.76. The van der Waals surface area contributed by atoms with Gasteiger partial charge in [0.1, 0.15) is 0 Å². The van der Waals surface area contributed by atoms with Crippen LogP contribution >= 0.6 is 0 Å². The van der Waals surface area contributed by atoms with Crippen molar-refractivity contribution in [1.29, 1.82) is 0 Å². The molecule has 1 atom stereocenters. The van der Waals surface area contributed by atoms with E-state index in [0.29, 0.717) is 17.7 Å². The van der Waals surface area contributed by atoms with E-state index in [9.17, 15) is 9.59 Å². The Balaban J connectivity index is 1.31. The van der Waals surface area contributed by atoms with Crippen LogP contribution in [-0.2, 0) is 27.2 Å². The van der Waals surface area contributed by atoms with Gasteiger partial charge < -0.3 is 9.57 Å². The van der Waals surface area contributed by atoms with E-state index in [0.717, 1.165) is 24.8 Å². The summed E-state index contributed by atoms with van der Waals surface area (Å²) in [6.45, 7) is -0.280. The van der Waals surface area contributed by atoms with Crippen LogP contribution in [0.5, 0.6) is 0 Å². The van der Waals surface area contributed by atoms with E-state index in [1.807, 2.05) is 48.5 Å². The number of nitrogens with zero attached hydrogens (tertiary/aromatic N) is 1. The summed E-state index contributed by atoms with van der Waals surface area (Å²) >= 11 is 0. The number of aryl methyl sites for hydroxylation is 2. The van der Waals surface area contributed by atoms with Gasteiger partial charge in [0.25, 0.3) is 0 Å². The number of carbonyl (C=O) groups excluding carboxylic acids is 2. The normalized spacial score (nSPS) is 18.0. The van der Waals surface area contributed by atoms with Crippen molar-refractivity contribution in [3.8, 4) is 0 Å². The Hall–Kier alpha value is -2.95. The number of fused-ring (bicyclic) bond motifs is 1. The van der Waals surface area contributed by atoms with Crippen LogP contribution in [0.3, 0.4) is 0 Å². The van der Waals surface area contributed by atoms with Crippen molar-refractivity contribution in [3.63, 3.8) is 0 Å². The van der Waals surface area contributed by atoms with Gasteiger partial charge in [-0.15, -0.1) is 0 Å². The number of ether oxygens (including phenoxy) is 1. The molecule has 26 heavy (non-hydrogen) atoms. The Morgan fingerprint density at radius 3 is 2.73 bits per heavy atom. The molecule has 0 spiro atoms. The second-order valence-corrected chi connectivity index (χ2v) is 6.57. The first-order chi connectivity index (χ1) is 12.7. The molecule has 0 amide bonds. The molecule has 1 aliphatic carbocycles. The molecule has 132 valence electrons. The summed E-state index contributed by atoms with van der Waals surface area (Å²) < 4.78 is 5.16. The summed E-state index contributed by atoms with van der Waals surface area (Å²) in [5.41, 5.74) is 4.74. The van der Waals surface area contributed by atoms with Gasteiger partial charge in [0, 0.05) is 12.0 Å². The fourth-order valence-corrected chi connectivity index (χ4v) is 3.36. The van der Waals surface area contributed by atoms with E-state index in [1.165, 1.54) is 11.1 Å². The van der Waals surface area contributed by atoms with Gasteiger partial charge in [-0.1, -0.05) is 47.6 Å². The zero-order chi connectivity index (χ0) is 17.9. The fourth-order valence-electron chi connectivity index (χ4n) is 3.36. The highest BCUT2D eigenvalue weighted by atomic mass is 16.7. The highest BCUT2D eigenvalue weighted by Crippen LogP contribution is 2.23. The van der Waals surface area contributed by atoms with Gasteiger partial charge >= 0.3 is 5.97 Å². The molecule has 1 heterocycles. The third-order valence-corrected chi connectivity index (χ3v) is 4.80. The predicted octanol–water partition coefficient (Wildman–Crippen LogP) is 3.09. The maximum absolute atomic E-state index is 12.3. The summed E-state index contributed by atoms with van der Waals surface area (Å²) in [7, 11) is 0. The van der Waals surface area contributed by atoms with Gasteiger partial charge in [-0.3, -0.25) is 4.79 Å². The number of hydrogen-bond donors (Lipinski definition) is 0. The van der Waals surface area contributed by atoms with Crippen molar-refractivity contribution in [3.05, 3.63) is 70.8 Å². The Labute approximate surface area is 151 Å². The van der Waals surface area contributed by atoms with Crippen molar-refractivity contribution in [2.45, 2.75) is 31.8 Å². The van der Waals surface area contributed by atoms with Crippen LogP contribution in [0.1, 0.15) is 39.9 Å². The summed E-state index contributed by atoms with van der Waals surface area (Å²) in [4.78, 5) is 29.7. The first-order valence-electron chi connectivity index (χ1n) is 8.80. The lowest BCUT2D eigenvalue weighted by atomic mass is 10.0. The van der Waals surface area contributed by atoms with Crippen molar-refractivity contribution >= 4 is 17.5 Å². The zero-order valence-electron chi connectivity index (χ0n) is 14.3. The lowest BCUT2D eigenvalue weighted by Gasteiger charge is -2.09. The Bertz CT molecular complexity index is 873. The van der Waals surface area contributed by atoms with Crippen molar-refractivity contribution in [1.82, 2.24) is 0 Å². The molecule has 0 radical (unpaired) electrons. The standard InChI is InChI=1S/C21H19NO4/c23-19(17-10-9-14-7-4-8-16(14)11-17)13-25-21(24)20-12-18(22-26-20)15-5-2-1-3-6-15/h1-3,5-6,9-11,20H,4,7-8,12-13H2/t20-/m0/s1. The number of benzene rings is 2. The average Bonchev–Trinajstić information content (AvgIpc) is 3.35. The molecule has 0 saturated heterocycles. The second-order valence-electron chi connectivity index (χ2n) is 6.57. The number of hydrogen-bond acceptors (Lipinski definition) is 5. The lowest BCUT2D eigenvalue weighted by Crippen LogP contribution is -2.26. The van der Waals surface area contributed by atoms with Crippen LogP contribution in [0.4, 0.5) is 0 Å². The molecule has 0 N–H and O–H groups in total. The van der Waals surface area contributed by atoms with Crippen molar-refractivity contribution in [2.24, 2.45) is 5.16 Å². The maximum atomic E-state index is 12.3. The van der Waals surface area contributed by atoms with Gasteiger partial charge in [0.05, 0.1) is 5.71 Å². The van der Waals surface area contributed by atoms with Crippen LogP contribution in [0.15, 0.2) is 53.7 Å². The third kappa shape index (κ3) is 3.38. The lowest BCUT2D eigenvalue weighted by molar-refractivity contribution is -0.154. The van der Waals surface area contributed by atoms with Gasteiger partial charge in [0.2, 0.25) is 6.10 Å². The summed E-state index contributed by atoms with van der Waals surface area (Å²) in [6, 6.07) is 15.3. The Morgan fingerprint density at radius 1 is 1.08 bits per heavy atom. The molecule has 0 saturated carbocycles. The Morgan fingerprint density at radius 2 is 1.88 bits per heavy atom. The predicted molar refractivity (Wildman–Crippen MR) is 96.2 cm³/mol. The highest BCUT2D eigenvalue weighted by molar-refractivity contribution is 6.04. The van der Waals surface area contributed by atoms with Gasteiger partial charge in [-0.2, -0.15) is 0 Å². The Kier molecular flexibility index (Phi) is 4.52. The fraction of sp³-hybridized carbons (Fsp3) is 0.286. The largest absolute Gasteiger partial charge is 0.454 e. The number of carbonyl (C=O) groups is 2. The van der Waals surface area contributed by atoms with Gasteiger partial charge in [0.15, 0.2) is 12.4 Å². The molecular formula is C21H19NO4. The molecule has 2 aromatic carbocycles. The van der Waals surface area contributed by atoms with Crippen molar-refractivity contribution < 1.29 is 19.2 Å². The van der Waals surface area contributed by atoms with Crippen LogP contribution < -0.4 is 0 Å². The van der Waals surface area contributed by atoms with E-state index < -0.39 is 12.1 Å². The molecule has 0 bridgehead atoms. The minimum atomic E-state index is -0.793. The van der Waals surface area contributed by atoms with Gasteiger partial charge in [-0.25, -0.2) is 4.79 Å². The third-order valence-electron chi connectivity index (χ3n) is 4.80. The first-order valence-corrected chi connectivity index (χ1v) is 8.80. The van der Waals surface area contributed by atoms with E-state index >= 15 is 0 Å². The number of ketones is 1. The monoisotopic (exact) mass is 349 g/mol. The first kappa shape index (κ1) is 16.5. The zero-order valence-corrected chi connectivity index (χ0v) is 14.3. The molecule has 0 aromatic heterocycles. The summed E-state index contributed by atoms with van der Waals surface area (Å²) in [5, 5.41) is 3.96. The molecular weight excluding hydrogens is 330 g/mol. The molecule has 1 aliphatic heterocycles. The number of oxime groups is 1. The molecule has 5 nitrogen and oxygen atoms in total. The SMILES string of the molecule is O=C(COC(=O)[C@@H]1CC(c2ccccc2)=NO1)c1ccc2c(c1)CCC2. The average molecular weight is 349 g/mol. The van der Waals surface area contributed by atoms with E-state index in [-0.39, 0.29) is 12.4 Å². The van der Waals surface area contributed by atoms with Gasteiger partial charge in [-0.05, 0) is 42.0 Å². The topological polar surface area (TPSA) is 65.0 Å². The van der Waals surface area contributed by atoms with Crippen LogP contribution in [0.25, 0.3) is 0 Å². The molecule has 5 heteroatoms. The number of esters is 1. The number of Topliss-reactive ketones (excluding diaryl/α,β-unsaturated/α-hetero) is 1. The smallest absolute Gasteiger partial charge is 0.351 e. The molecule has 2 aromatic rings. The molecule has 0 unspecified atom stereocenters. The summed E-state index contributed by atoms with van der Waals surface area (Å²) in [5.74, 6) is -0.760. The maximum Gasteiger partial charge on any atom is 0.351 e. The van der Waals surface area contributed by atoms with E-state index in [4.69, 9.17) is 9.57 Å².